The molecular weight excluding hydrogens is 454 g/mol. The molecule has 0 saturated carbocycles. The van der Waals surface area contributed by atoms with Crippen molar-refractivity contribution >= 4 is 29.1 Å². The molecule has 0 spiro atoms. The van der Waals surface area contributed by atoms with E-state index >= 15 is 0 Å². The number of nitro groups is 1. The highest BCUT2D eigenvalue weighted by Gasteiger charge is 2.37. The van der Waals surface area contributed by atoms with E-state index in [1.54, 1.807) is 12.0 Å². The summed E-state index contributed by atoms with van der Waals surface area (Å²) in [6, 6.07) is 12.1. The topological polar surface area (TPSA) is 125 Å². The molecule has 4 rings (SSSR count). The first-order chi connectivity index (χ1) is 16.9. The van der Waals surface area contributed by atoms with Gasteiger partial charge in [0.25, 0.3) is 11.6 Å². The van der Waals surface area contributed by atoms with E-state index in [9.17, 15) is 24.5 Å². The number of piperazine rings is 2. The monoisotopic (exact) mass is 481 g/mol. The fraction of sp³-hybridized carbons (Fsp3) is 0.375. The Balaban J connectivity index is 1.40. The van der Waals surface area contributed by atoms with Gasteiger partial charge in [-0.25, -0.2) is 0 Å². The minimum Gasteiger partial charge on any atom is -0.497 e. The van der Waals surface area contributed by atoms with Gasteiger partial charge in [0.2, 0.25) is 11.8 Å². The van der Waals surface area contributed by atoms with Crippen molar-refractivity contribution in [1.29, 1.82) is 0 Å². The van der Waals surface area contributed by atoms with Crippen LogP contribution >= 0.6 is 0 Å². The van der Waals surface area contributed by atoms with Crippen LogP contribution in [0.15, 0.2) is 48.5 Å². The van der Waals surface area contributed by atoms with E-state index in [0.29, 0.717) is 26.2 Å². The second-order valence-corrected chi connectivity index (χ2v) is 8.38. The third-order valence-corrected chi connectivity index (χ3v) is 6.33. The van der Waals surface area contributed by atoms with E-state index in [4.69, 9.17) is 4.74 Å². The smallest absolute Gasteiger partial charge is 0.270 e. The molecule has 2 aromatic rings. The number of carbonyl (C=O) groups is 3. The summed E-state index contributed by atoms with van der Waals surface area (Å²) in [5, 5.41) is 13.8. The number of carbonyl (C=O) groups excluding carboxylic acids is 3. The van der Waals surface area contributed by atoms with Gasteiger partial charge in [-0.2, -0.15) is 0 Å². The molecule has 2 aliphatic rings. The Morgan fingerprint density at radius 2 is 1.80 bits per heavy atom. The maximum absolute atomic E-state index is 13.1. The zero-order valence-electron chi connectivity index (χ0n) is 19.4. The van der Waals surface area contributed by atoms with E-state index in [1.165, 1.54) is 29.2 Å². The van der Waals surface area contributed by atoms with Gasteiger partial charge >= 0.3 is 0 Å². The van der Waals surface area contributed by atoms with Crippen LogP contribution in [0.25, 0.3) is 0 Å². The van der Waals surface area contributed by atoms with Gasteiger partial charge in [0.1, 0.15) is 11.8 Å². The van der Waals surface area contributed by atoms with Gasteiger partial charge in [-0.1, -0.05) is 6.07 Å². The minimum absolute atomic E-state index is 0.111. The molecule has 2 heterocycles. The third kappa shape index (κ3) is 5.34. The number of non-ortho nitro benzene ring substituents is 1. The number of amides is 3. The number of nitro benzene ring substituents is 1. The average Bonchev–Trinajstić information content (AvgIpc) is 2.89. The highest BCUT2D eigenvalue weighted by Crippen LogP contribution is 2.22. The molecule has 1 N–H and O–H groups in total. The summed E-state index contributed by atoms with van der Waals surface area (Å²) in [6.07, 6.45) is -0.144. The second kappa shape index (κ2) is 10.4. The van der Waals surface area contributed by atoms with Gasteiger partial charge in [-0.15, -0.1) is 0 Å². The standard InChI is InChI=1S/C24H27N5O6/c1-35-20-7-5-18(6-8-20)26-11-13-27(14-12-26)22(30)16-21-23(31)25-9-10-28(21)24(32)17-3-2-4-19(15-17)29(33)34/h2-8,15,21H,9-14,16H2,1H3,(H,25,31). The van der Waals surface area contributed by atoms with Crippen molar-refractivity contribution in [3.63, 3.8) is 0 Å². The lowest BCUT2D eigenvalue weighted by Gasteiger charge is -2.39. The first-order valence-electron chi connectivity index (χ1n) is 11.4. The molecule has 2 aromatic carbocycles. The molecule has 0 bridgehead atoms. The third-order valence-electron chi connectivity index (χ3n) is 6.33. The number of hydrogen-bond donors (Lipinski definition) is 1. The molecule has 0 radical (unpaired) electrons. The number of ether oxygens (including phenoxy) is 1. The SMILES string of the molecule is COc1ccc(N2CCN(C(=O)CC3C(=O)NCCN3C(=O)c3cccc([N+](=O)[O-])c3)CC2)cc1. The Morgan fingerprint density at radius 1 is 1.09 bits per heavy atom. The normalized spacial score (nSPS) is 18.1. The van der Waals surface area contributed by atoms with Gasteiger partial charge < -0.3 is 24.8 Å². The van der Waals surface area contributed by atoms with Crippen molar-refractivity contribution in [1.82, 2.24) is 15.1 Å². The predicted octanol–water partition coefficient (Wildman–Crippen LogP) is 1.28. The number of benzene rings is 2. The molecule has 2 saturated heterocycles. The van der Waals surface area contributed by atoms with Crippen LogP contribution < -0.4 is 15.0 Å². The zero-order chi connectivity index (χ0) is 24.9. The predicted molar refractivity (Wildman–Crippen MR) is 127 cm³/mol. The average molecular weight is 482 g/mol. The summed E-state index contributed by atoms with van der Waals surface area (Å²) in [6.45, 7) is 2.76. The summed E-state index contributed by atoms with van der Waals surface area (Å²) >= 11 is 0. The Kier molecular flexibility index (Phi) is 7.14. The number of anilines is 1. The van der Waals surface area contributed by atoms with Crippen LogP contribution in [0, 0.1) is 10.1 Å². The van der Waals surface area contributed by atoms with Crippen molar-refractivity contribution in [3.8, 4) is 5.75 Å². The largest absolute Gasteiger partial charge is 0.497 e. The van der Waals surface area contributed by atoms with Crippen LogP contribution in [0.5, 0.6) is 5.75 Å². The van der Waals surface area contributed by atoms with Crippen LogP contribution in [0.1, 0.15) is 16.8 Å². The molecule has 2 aliphatic heterocycles. The molecule has 3 amide bonds. The Hall–Kier alpha value is -4.15. The first-order valence-corrected chi connectivity index (χ1v) is 11.4. The molecule has 1 unspecified atom stereocenters. The molecule has 184 valence electrons. The van der Waals surface area contributed by atoms with Crippen molar-refractivity contribution in [3.05, 3.63) is 64.2 Å². The lowest BCUT2D eigenvalue weighted by molar-refractivity contribution is -0.384. The van der Waals surface area contributed by atoms with Gasteiger partial charge in [-0.05, 0) is 30.3 Å². The van der Waals surface area contributed by atoms with E-state index in [1.807, 2.05) is 24.3 Å². The van der Waals surface area contributed by atoms with Crippen LogP contribution in [-0.4, -0.2) is 84.9 Å². The molecule has 35 heavy (non-hydrogen) atoms. The number of nitrogens with zero attached hydrogens (tertiary/aromatic N) is 4. The fourth-order valence-electron chi connectivity index (χ4n) is 4.38. The number of rotatable bonds is 6. The molecule has 2 fully saturated rings. The molecule has 11 nitrogen and oxygen atoms in total. The second-order valence-electron chi connectivity index (χ2n) is 8.38. The molecule has 11 heteroatoms. The van der Waals surface area contributed by atoms with Crippen LogP contribution in [0.2, 0.25) is 0 Å². The van der Waals surface area contributed by atoms with E-state index in [2.05, 4.69) is 10.2 Å². The highest BCUT2D eigenvalue weighted by molar-refractivity contribution is 6.00. The summed E-state index contributed by atoms with van der Waals surface area (Å²) in [4.78, 5) is 54.5. The maximum Gasteiger partial charge on any atom is 0.270 e. The molecular formula is C24H27N5O6. The Bertz CT molecular complexity index is 1110. The summed E-state index contributed by atoms with van der Waals surface area (Å²) in [5.74, 6) is -0.346. The summed E-state index contributed by atoms with van der Waals surface area (Å²) in [5.41, 5.74) is 0.942. The molecule has 0 aliphatic carbocycles. The molecule has 0 aromatic heterocycles. The number of hydrogen-bond acceptors (Lipinski definition) is 7. The summed E-state index contributed by atoms with van der Waals surface area (Å²) in [7, 11) is 1.62. The van der Waals surface area contributed by atoms with Crippen LogP contribution in [0.4, 0.5) is 11.4 Å². The summed E-state index contributed by atoms with van der Waals surface area (Å²) < 4.78 is 5.19. The lowest BCUT2D eigenvalue weighted by Crippen LogP contribution is -2.59. The van der Waals surface area contributed by atoms with E-state index < -0.39 is 22.8 Å². The van der Waals surface area contributed by atoms with Crippen molar-refractivity contribution in [2.24, 2.45) is 0 Å². The van der Waals surface area contributed by atoms with Crippen molar-refractivity contribution < 1.29 is 24.0 Å². The minimum atomic E-state index is -0.970. The van der Waals surface area contributed by atoms with Crippen LogP contribution in [0.3, 0.4) is 0 Å². The Labute approximate surface area is 202 Å². The van der Waals surface area contributed by atoms with E-state index in [0.717, 1.165) is 11.4 Å². The first kappa shape index (κ1) is 24.0. The lowest BCUT2D eigenvalue weighted by atomic mass is 10.0. The highest BCUT2D eigenvalue weighted by atomic mass is 16.6. The quantitative estimate of drug-likeness (QED) is 0.487. The van der Waals surface area contributed by atoms with Gasteiger partial charge in [-0.3, -0.25) is 24.5 Å². The number of methoxy groups -OCH3 is 1. The fourth-order valence-corrected chi connectivity index (χ4v) is 4.38. The zero-order valence-corrected chi connectivity index (χ0v) is 19.4. The van der Waals surface area contributed by atoms with Gasteiger partial charge in [0, 0.05) is 62.7 Å². The number of nitrogens with one attached hydrogen (secondary N) is 1. The van der Waals surface area contributed by atoms with Gasteiger partial charge in [0.15, 0.2) is 0 Å². The van der Waals surface area contributed by atoms with E-state index in [-0.39, 0.29) is 36.7 Å². The molecule has 1 atom stereocenters. The van der Waals surface area contributed by atoms with Crippen molar-refractivity contribution in [2.75, 3.05) is 51.3 Å². The van der Waals surface area contributed by atoms with Crippen LogP contribution in [-0.2, 0) is 9.59 Å². The van der Waals surface area contributed by atoms with Crippen molar-refractivity contribution in [2.45, 2.75) is 12.5 Å². The van der Waals surface area contributed by atoms with Gasteiger partial charge in [0.05, 0.1) is 18.5 Å². The maximum atomic E-state index is 13.1. The Morgan fingerprint density at radius 3 is 2.46 bits per heavy atom.